The molecule has 0 unspecified atom stereocenters. The zero-order chi connectivity index (χ0) is 13.1. The van der Waals surface area contributed by atoms with Gasteiger partial charge in [-0.3, -0.25) is 14.5 Å². The molecule has 1 fully saturated rings. The van der Waals surface area contributed by atoms with E-state index in [9.17, 15) is 9.59 Å². The second-order valence-corrected chi connectivity index (χ2v) is 5.11. The minimum absolute atomic E-state index is 0.248. The number of carbonyl (C=O) groups is 2. The third-order valence-electron chi connectivity index (χ3n) is 2.45. The van der Waals surface area contributed by atoms with Gasteiger partial charge in [0.25, 0.3) is 11.1 Å². The Bertz CT molecular complexity index is 531. The molecule has 0 radical (unpaired) electrons. The zero-order valence-electron chi connectivity index (χ0n) is 9.56. The Morgan fingerprint density at radius 3 is 2.72 bits per heavy atom. The van der Waals surface area contributed by atoms with E-state index in [1.807, 2.05) is 12.1 Å². The topological polar surface area (TPSA) is 65.0 Å². The number of halogens is 1. The van der Waals surface area contributed by atoms with E-state index in [-0.39, 0.29) is 11.1 Å². The maximum absolute atomic E-state index is 12.0. The fourth-order valence-electron chi connectivity index (χ4n) is 1.58. The third kappa shape index (κ3) is 2.58. The van der Waals surface area contributed by atoms with Gasteiger partial charge in [0.2, 0.25) is 0 Å². The number of carbonyl (C=O) groups excluding carboxylic acids is 2. The van der Waals surface area contributed by atoms with Crippen LogP contribution in [0, 0.1) is 0 Å². The molecule has 0 saturated carbocycles. The first-order valence-corrected chi connectivity index (χ1v) is 6.62. The van der Waals surface area contributed by atoms with E-state index in [0.29, 0.717) is 23.0 Å². The van der Waals surface area contributed by atoms with Crippen LogP contribution in [0.3, 0.4) is 0 Å². The van der Waals surface area contributed by atoms with Gasteiger partial charge in [-0.15, -0.1) is 0 Å². The van der Waals surface area contributed by atoms with Gasteiger partial charge in [0.1, 0.15) is 0 Å². The first kappa shape index (κ1) is 13.1. The van der Waals surface area contributed by atoms with E-state index in [2.05, 4.69) is 5.73 Å². The van der Waals surface area contributed by atoms with Crippen molar-refractivity contribution in [3.05, 3.63) is 39.8 Å². The summed E-state index contributed by atoms with van der Waals surface area (Å²) >= 11 is 6.95. The van der Waals surface area contributed by atoms with E-state index in [1.54, 1.807) is 18.2 Å². The molecule has 4 nitrogen and oxygen atoms in total. The van der Waals surface area contributed by atoms with Gasteiger partial charge in [0, 0.05) is 5.02 Å². The van der Waals surface area contributed by atoms with Gasteiger partial charge in [0.15, 0.2) is 0 Å². The van der Waals surface area contributed by atoms with E-state index < -0.39 is 0 Å². The zero-order valence-corrected chi connectivity index (χ0v) is 11.1. The summed E-state index contributed by atoms with van der Waals surface area (Å²) in [6, 6.07) is 7.19. The summed E-state index contributed by atoms with van der Waals surface area (Å²) in [5, 5.41) is 0.309. The molecule has 0 aromatic heterocycles. The van der Waals surface area contributed by atoms with Gasteiger partial charge in [-0.25, -0.2) is 0 Å². The fourth-order valence-corrected chi connectivity index (χ4v) is 2.63. The molecule has 0 atom stereocenters. The first-order valence-electron chi connectivity index (χ1n) is 5.42. The van der Waals surface area contributed by atoms with Crippen LogP contribution < -0.4 is 5.73 Å². The summed E-state index contributed by atoms with van der Waals surface area (Å²) in [5.74, 6) is -0.270. The van der Waals surface area contributed by atoms with Crippen LogP contribution in [0.4, 0.5) is 4.79 Å². The van der Waals surface area contributed by atoms with Crippen molar-refractivity contribution < 1.29 is 15.3 Å². The highest BCUT2D eigenvalue weighted by Crippen LogP contribution is 2.32. The molecule has 2 rings (SSSR count). The molecule has 1 aromatic rings. The molecule has 0 spiro atoms. The summed E-state index contributed by atoms with van der Waals surface area (Å²) in [7, 11) is 0. The van der Waals surface area contributed by atoms with Crippen molar-refractivity contribution in [3.63, 3.8) is 0 Å². The van der Waals surface area contributed by atoms with Crippen LogP contribution in [0.25, 0.3) is 6.08 Å². The lowest BCUT2D eigenvalue weighted by Gasteiger charge is -2.08. The van der Waals surface area contributed by atoms with Crippen molar-refractivity contribution in [2.45, 2.75) is 0 Å². The van der Waals surface area contributed by atoms with Crippen LogP contribution in [-0.4, -0.2) is 29.1 Å². The molecular formula is C12H12ClN2O2S+. The number of hydrogen-bond acceptors (Lipinski definition) is 3. The van der Waals surface area contributed by atoms with E-state index >= 15 is 0 Å². The molecule has 1 heterocycles. The number of imide groups is 1. The molecule has 1 aromatic carbocycles. The molecule has 1 saturated heterocycles. The number of quaternary nitrogens is 1. The minimum atomic E-state index is -0.270. The molecule has 0 bridgehead atoms. The summed E-state index contributed by atoms with van der Waals surface area (Å²) in [4.78, 5) is 25.2. The minimum Gasteiger partial charge on any atom is -0.356 e. The van der Waals surface area contributed by atoms with Crippen molar-refractivity contribution in [1.29, 1.82) is 0 Å². The second kappa shape index (κ2) is 5.56. The molecule has 1 aliphatic heterocycles. The quantitative estimate of drug-likeness (QED) is 0.857. The molecule has 0 aliphatic carbocycles. The van der Waals surface area contributed by atoms with E-state index in [0.717, 1.165) is 17.3 Å². The van der Waals surface area contributed by atoms with Crippen LogP contribution in [0.15, 0.2) is 29.2 Å². The monoisotopic (exact) mass is 283 g/mol. The van der Waals surface area contributed by atoms with Crippen LogP contribution in [0.2, 0.25) is 5.02 Å². The molecule has 1 aliphatic rings. The number of amides is 2. The third-order valence-corrected chi connectivity index (χ3v) is 3.70. The van der Waals surface area contributed by atoms with Crippen molar-refractivity contribution in [3.8, 4) is 0 Å². The summed E-state index contributed by atoms with van der Waals surface area (Å²) in [5.41, 5.74) is 4.38. The van der Waals surface area contributed by atoms with Gasteiger partial charge < -0.3 is 5.73 Å². The average molecular weight is 284 g/mol. The van der Waals surface area contributed by atoms with E-state index in [1.165, 1.54) is 4.90 Å². The van der Waals surface area contributed by atoms with Gasteiger partial charge in [0.05, 0.1) is 18.0 Å². The standard InChI is InChI=1S/C12H11ClN2O2S/c13-9-4-2-1-3-8(9)7-10-11(16)15(6-5-14)12(17)18-10/h1-4,7H,5-6,14H2/p+1/b10-7+. The fraction of sp³-hybridized carbons (Fsp3) is 0.167. The highest BCUT2D eigenvalue weighted by Gasteiger charge is 2.34. The predicted octanol–water partition coefficient (Wildman–Crippen LogP) is 1.62. The largest absolute Gasteiger partial charge is 0.356 e. The lowest BCUT2D eigenvalue weighted by Crippen LogP contribution is -2.55. The van der Waals surface area contributed by atoms with Crippen LogP contribution >= 0.6 is 23.4 Å². The maximum Gasteiger partial charge on any atom is 0.293 e. The summed E-state index contributed by atoms with van der Waals surface area (Å²) in [6.07, 6.45) is 1.65. The van der Waals surface area contributed by atoms with Gasteiger partial charge in [-0.1, -0.05) is 29.8 Å². The Morgan fingerprint density at radius 2 is 2.06 bits per heavy atom. The number of rotatable bonds is 3. The molecule has 3 N–H and O–H groups in total. The SMILES string of the molecule is [NH3+]CCN1C(=O)S/C(=C/c2ccccc2Cl)C1=O. The number of thioether (sulfide) groups is 1. The van der Waals surface area contributed by atoms with Crippen molar-refractivity contribution in [2.75, 3.05) is 13.1 Å². The summed E-state index contributed by atoms with van der Waals surface area (Å²) < 4.78 is 0. The van der Waals surface area contributed by atoms with Gasteiger partial charge >= 0.3 is 0 Å². The normalized spacial score (nSPS) is 17.9. The van der Waals surface area contributed by atoms with Gasteiger partial charge in [-0.05, 0) is 29.5 Å². The predicted molar refractivity (Wildman–Crippen MR) is 71.9 cm³/mol. The Morgan fingerprint density at radius 1 is 1.33 bits per heavy atom. The van der Waals surface area contributed by atoms with Gasteiger partial charge in [-0.2, -0.15) is 0 Å². The molecule has 18 heavy (non-hydrogen) atoms. The second-order valence-electron chi connectivity index (χ2n) is 3.71. The van der Waals surface area contributed by atoms with E-state index in [4.69, 9.17) is 11.6 Å². The smallest absolute Gasteiger partial charge is 0.293 e. The highest BCUT2D eigenvalue weighted by atomic mass is 35.5. The van der Waals surface area contributed by atoms with Crippen LogP contribution in [0.5, 0.6) is 0 Å². The van der Waals surface area contributed by atoms with Crippen molar-refractivity contribution in [1.82, 2.24) is 4.90 Å². The lowest BCUT2D eigenvalue weighted by atomic mass is 10.2. The van der Waals surface area contributed by atoms with Crippen molar-refractivity contribution in [2.24, 2.45) is 0 Å². The Hall–Kier alpha value is -1.30. The van der Waals surface area contributed by atoms with Crippen molar-refractivity contribution >= 4 is 40.6 Å². The molecule has 6 heteroatoms. The number of nitrogens with zero attached hydrogens (tertiary/aromatic N) is 1. The molecular weight excluding hydrogens is 272 g/mol. The maximum atomic E-state index is 12.0. The Kier molecular flexibility index (Phi) is 4.06. The Balaban J connectivity index is 2.28. The molecule has 2 amide bonds. The number of hydrogen-bond donors (Lipinski definition) is 1. The average Bonchev–Trinajstić information content (AvgIpc) is 2.60. The summed E-state index contributed by atoms with van der Waals surface area (Å²) in [6.45, 7) is 0.863. The lowest BCUT2D eigenvalue weighted by molar-refractivity contribution is -0.367. The number of benzene rings is 1. The first-order chi connectivity index (χ1) is 8.63. The Labute approximate surface area is 114 Å². The molecule has 94 valence electrons. The highest BCUT2D eigenvalue weighted by molar-refractivity contribution is 8.18. The van der Waals surface area contributed by atoms with Crippen LogP contribution in [-0.2, 0) is 4.79 Å². The van der Waals surface area contributed by atoms with Crippen LogP contribution in [0.1, 0.15) is 5.56 Å².